The van der Waals surface area contributed by atoms with Gasteiger partial charge in [-0.3, -0.25) is 10.1 Å². The summed E-state index contributed by atoms with van der Waals surface area (Å²) in [7, 11) is -3.99. The number of sulfonamides is 1. The van der Waals surface area contributed by atoms with E-state index in [1.807, 2.05) is 0 Å². The Kier molecular flexibility index (Phi) is 7.11. The molecule has 1 aromatic carbocycles. The lowest BCUT2D eigenvalue weighted by Crippen LogP contribution is -2.47. The quantitative estimate of drug-likeness (QED) is 0.489. The molecule has 1 aromatic heterocycles. The van der Waals surface area contributed by atoms with Crippen LogP contribution < -0.4 is 10.0 Å². The van der Waals surface area contributed by atoms with Crippen LogP contribution in [0.15, 0.2) is 31.8 Å². The molecule has 1 aliphatic heterocycles. The van der Waals surface area contributed by atoms with Crippen molar-refractivity contribution in [3.05, 3.63) is 23.2 Å². The highest BCUT2D eigenvalue weighted by molar-refractivity contribution is 7.89. The fraction of sp³-hybridized carbons (Fsp3) is 0.500. The molecule has 0 saturated heterocycles. The third-order valence-electron chi connectivity index (χ3n) is 4.78. The molecule has 30 heavy (non-hydrogen) atoms. The van der Waals surface area contributed by atoms with Gasteiger partial charge < -0.3 is 0 Å². The summed E-state index contributed by atoms with van der Waals surface area (Å²) in [5.41, 5.74) is 0.785. The normalized spacial score (nSPS) is 14.1. The number of anilines is 1. The molecule has 9 nitrogen and oxygen atoms in total. The van der Waals surface area contributed by atoms with E-state index in [9.17, 15) is 13.2 Å². The largest absolute Gasteiger partial charge is 0.299 e. The first-order chi connectivity index (χ1) is 14.3. The van der Waals surface area contributed by atoms with Crippen LogP contribution in [0, 0.1) is 5.92 Å². The third kappa shape index (κ3) is 4.82. The number of benzene rings is 1. The highest BCUT2D eigenvalue weighted by Crippen LogP contribution is 2.37. The lowest BCUT2D eigenvalue weighted by molar-refractivity contribution is -0.118. The summed E-state index contributed by atoms with van der Waals surface area (Å²) in [6, 6.07) is 3.76. The van der Waals surface area contributed by atoms with Gasteiger partial charge >= 0.3 is 0 Å². The first-order valence-corrected chi connectivity index (χ1v) is 12.7. The number of nitrogens with one attached hydrogen (secondary N) is 2. The minimum Gasteiger partial charge on any atom is -0.299 e. The maximum Gasteiger partial charge on any atom is 0.244 e. The van der Waals surface area contributed by atoms with Crippen LogP contribution in [-0.4, -0.2) is 30.6 Å². The molecule has 1 amide bonds. The van der Waals surface area contributed by atoms with E-state index in [4.69, 9.17) is 0 Å². The van der Waals surface area contributed by atoms with Crippen LogP contribution in [0.4, 0.5) is 16.5 Å². The molecule has 1 aliphatic rings. The summed E-state index contributed by atoms with van der Waals surface area (Å²) in [5, 5.41) is 12.1. The number of carbonyl (C=O) groups excluding carboxylic acids is 1. The van der Waals surface area contributed by atoms with Crippen molar-refractivity contribution in [3.63, 3.8) is 0 Å². The lowest BCUT2D eigenvalue weighted by atomic mass is 10.1. The molecule has 2 N–H and O–H groups in total. The van der Waals surface area contributed by atoms with Gasteiger partial charge in [0.2, 0.25) is 21.1 Å². The summed E-state index contributed by atoms with van der Waals surface area (Å²) >= 11 is 2.26. The van der Waals surface area contributed by atoms with Gasteiger partial charge in [0.1, 0.15) is 27.3 Å². The monoisotopic (exact) mass is 468 g/mol. The second-order valence-electron chi connectivity index (χ2n) is 7.18. The van der Waals surface area contributed by atoms with Gasteiger partial charge in [-0.15, -0.1) is 10.2 Å². The van der Waals surface area contributed by atoms with Crippen molar-refractivity contribution in [1.82, 2.24) is 14.9 Å². The Bertz CT molecular complexity index is 1100. The van der Waals surface area contributed by atoms with E-state index in [0.717, 1.165) is 29.2 Å². The van der Waals surface area contributed by atoms with Crippen LogP contribution >= 0.6 is 11.3 Å². The van der Waals surface area contributed by atoms with Gasteiger partial charge in [0, 0.05) is 5.92 Å². The van der Waals surface area contributed by atoms with E-state index in [0.29, 0.717) is 16.7 Å². The van der Waals surface area contributed by atoms with Gasteiger partial charge in [-0.2, -0.15) is 13.4 Å². The molecule has 0 aliphatic carbocycles. The van der Waals surface area contributed by atoms with Crippen LogP contribution in [0.5, 0.6) is 0 Å². The summed E-state index contributed by atoms with van der Waals surface area (Å²) in [5.74, 6) is -0.483. The molecule has 3 rings (SSSR count). The van der Waals surface area contributed by atoms with Crippen molar-refractivity contribution in [2.24, 2.45) is 14.6 Å². The Morgan fingerprint density at radius 2 is 1.87 bits per heavy atom. The summed E-state index contributed by atoms with van der Waals surface area (Å²) in [4.78, 5) is 12.9. The van der Waals surface area contributed by atoms with Crippen LogP contribution in [0.3, 0.4) is 0 Å². The predicted octanol–water partition coefficient (Wildman–Crippen LogP) is 4.11. The Hall–Kier alpha value is -2.02. The average molecular weight is 469 g/mol. The minimum absolute atomic E-state index is 0.000801. The van der Waals surface area contributed by atoms with Crippen molar-refractivity contribution in [3.8, 4) is 0 Å². The summed E-state index contributed by atoms with van der Waals surface area (Å²) < 4.78 is 36.7. The molecule has 12 heteroatoms. The molecule has 0 saturated carbocycles. The molecule has 0 spiro atoms. The molecule has 0 radical (unpaired) electrons. The Morgan fingerprint density at radius 3 is 2.53 bits per heavy atom. The van der Waals surface area contributed by atoms with E-state index in [1.54, 1.807) is 26.0 Å². The zero-order chi connectivity index (χ0) is 21.9. The molecule has 0 fully saturated rings. The van der Waals surface area contributed by atoms with Gasteiger partial charge in [-0.25, -0.2) is 8.42 Å². The van der Waals surface area contributed by atoms with Crippen LogP contribution in [0.2, 0.25) is 0 Å². The van der Waals surface area contributed by atoms with Crippen LogP contribution in [-0.2, 0) is 26.2 Å². The minimum atomic E-state index is -3.99. The maximum atomic E-state index is 13.0. The molecular weight excluding hydrogens is 444 g/mol. The van der Waals surface area contributed by atoms with E-state index < -0.39 is 22.0 Å². The number of rotatable bonds is 9. The van der Waals surface area contributed by atoms with Crippen molar-refractivity contribution < 1.29 is 13.2 Å². The average Bonchev–Trinajstić information content (AvgIpc) is 3.36. The fourth-order valence-electron chi connectivity index (χ4n) is 2.99. The van der Waals surface area contributed by atoms with Crippen molar-refractivity contribution in [2.75, 3.05) is 5.32 Å². The molecule has 2 aromatic rings. The molecular formula is C18H24N6O3S3. The number of carbonyl (C=O) groups is 1. The number of hydrogen-bond donors (Lipinski definition) is 2. The molecule has 162 valence electrons. The Morgan fingerprint density at radius 1 is 1.13 bits per heavy atom. The van der Waals surface area contributed by atoms with E-state index >= 15 is 0 Å². The molecule has 0 bridgehead atoms. The second-order valence-corrected chi connectivity index (χ2v) is 10.4. The maximum absolute atomic E-state index is 13.0. The van der Waals surface area contributed by atoms with Gasteiger partial charge in [-0.1, -0.05) is 45.1 Å². The zero-order valence-corrected chi connectivity index (χ0v) is 19.6. The number of hydrogen-bond acceptors (Lipinski definition) is 8. The van der Waals surface area contributed by atoms with Crippen molar-refractivity contribution in [1.29, 1.82) is 0 Å². The first kappa shape index (κ1) is 22.7. The van der Waals surface area contributed by atoms with Crippen LogP contribution in [0.1, 0.15) is 51.5 Å². The number of nitrogens with zero attached hydrogens (tertiary/aromatic N) is 4. The highest BCUT2D eigenvalue weighted by Gasteiger charge is 2.31. The van der Waals surface area contributed by atoms with Crippen LogP contribution in [0.25, 0.3) is 0 Å². The number of fused-ring (bicyclic) bond motifs is 1. The number of amides is 1. The smallest absolute Gasteiger partial charge is 0.244 e. The molecule has 2 heterocycles. The lowest BCUT2D eigenvalue weighted by Gasteiger charge is -2.21. The van der Waals surface area contributed by atoms with Gasteiger partial charge in [0.25, 0.3) is 0 Å². The highest BCUT2D eigenvalue weighted by atomic mass is 32.2. The zero-order valence-electron chi connectivity index (χ0n) is 17.1. The second kappa shape index (κ2) is 9.41. The summed E-state index contributed by atoms with van der Waals surface area (Å²) in [6.07, 6.45) is 1.87. The van der Waals surface area contributed by atoms with Crippen molar-refractivity contribution in [2.45, 2.75) is 57.4 Å². The molecule has 1 atom stereocenters. The van der Waals surface area contributed by atoms with E-state index in [2.05, 4.69) is 42.8 Å². The summed E-state index contributed by atoms with van der Waals surface area (Å²) in [6.45, 7) is 7.70. The molecule has 0 unspecified atom stereocenters. The van der Waals surface area contributed by atoms with Gasteiger partial charge in [0.15, 0.2) is 0 Å². The fourth-order valence-corrected chi connectivity index (χ4v) is 6.12. The topological polar surface area (TPSA) is 126 Å². The standard InChI is InChI=1S/C18H24N6O3S3/c1-5-11(6-2)17-20-21-18(28-17)19-16(25)14(10(3)4)24-30(26,27)13-9-7-8-12-15(13)23-29-22-12/h7-11,14,24H,5-6H2,1-4H3,(H,19,21,25)/t14-/m0/s1. The Balaban J connectivity index is 1.79. The number of aromatic nitrogens is 2. The Labute approximate surface area is 183 Å². The van der Waals surface area contributed by atoms with E-state index in [1.165, 1.54) is 17.4 Å². The first-order valence-electron chi connectivity index (χ1n) is 9.64. The van der Waals surface area contributed by atoms with Gasteiger partial charge in [-0.05, 0) is 30.9 Å². The SMILES string of the molecule is CCC(CC)c1nnc(NC(=O)[C@@H](NS(=O)(=O)c2cccc3c2N=S=N3)C(C)C)s1. The third-order valence-corrected chi connectivity index (χ3v) is 7.79. The van der Waals surface area contributed by atoms with Gasteiger partial charge in [0.05, 0.1) is 11.4 Å². The van der Waals surface area contributed by atoms with E-state index in [-0.39, 0.29) is 16.5 Å². The van der Waals surface area contributed by atoms with Crippen molar-refractivity contribution >= 4 is 55.1 Å². The predicted molar refractivity (Wildman–Crippen MR) is 119 cm³/mol.